The summed E-state index contributed by atoms with van der Waals surface area (Å²) in [5, 5.41) is 0. The van der Waals surface area contributed by atoms with E-state index in [1.807, 2.05) is 0 Å². The number of hydrogen-bond donors (Lipinski definition) is 1. The van der Waals surface area contributed by atoms with Crippen LogP contribution in [0, 0.1) is 5.82 Å². The summed E-state index contributed by atoms with van der Waals surface area (Å²) in [5.74, 6) is -1.98. The van der Waals surface area contributed by atoms with Crippen LogP contribution in [0.3, 0.4) is 0 Å². The molecule has 2 rings (SSSR count). The maximum absolute atomic E-state index is 13.1. The molecule has 1 aliphatic heterocycles. The molecule has 1 saturated heterocycles. The monoisotopic (exact) mass is 291 g/mol. The predicted octanol–water partition coefficient (Wildman–Crippen LogP) is 2.53. The molecule has 20 heavy (non-hydrogen) atoms. The number of carbonyl (C=O) groups excluding carboxylic acids is 1. The highest BCUT2D eigenvalue weighted by Gasteiger charge is 2.36. The van der Waals surface area contributed by atoms with Crippen LogP contribution in [0.4, 0.5) is 17.6 Å². The second-order valence-corrected chi connectivity index (χ2v) is 4.62. The van der Waals surface area contributed by atoms with Crippen molar-refractivity contribution in [2.75, 3.05) is 6.54 Å². The Morgan fingerprint density at radius 2 is 2.05 bits per heavy atom. The molecular formula is C13H13F4NO2. The van der Waals surface area contributed by atoms with E-state index >= 15 is 0 Å². The molecule has 2 unspecified atom stereocenters. The summed E-state index contributed by atoms with van der Waals surface area (Å²) < 4.78 is 56.2. The normalized spacial score (nSPS) is 23.1. The highest BCUT2D eigenvalue weighted by Crippen LogP contribution is 2.32. The molecule has 2 N–H and O–H groups in total. The maximum atomic E-state index is 13.1. The first kappa shape index (κ1) is 14.9. The van der Waals surface area contributed by atoms with Crippen molar-refractivity contribution < 1.29 is 27.1 Å². The molecule has 0 saturated carbocycles. The van der Waals surface area contributed by atoms with Crippen LogP contribution < -0.4 is 5.73 Å². The van der Waals surface area contributed by atoms with E-state index in [1.165, 1.54) is 0 Å². The highest BCUT2D eigenvalue weighted by atomic mass is 19.4. The molecule has 1 aliphatic rings. The molecule has 0 aliphatic carbocycles. The van der Waals surface area contributed by atoms with E-state index in [0.29, 0.717) is 25.0 Å². The van der Waals surface area contributed by atoms with E-state index in [9.17, 15) is 22.4 Å². The fourth-order valence-electron chi connectivity index (χ4n) is 2.15. The van der Waals surface area contributed by atoms with Gasteiger partial charge >= 0.3 is 6.18 Å². The lowest BCUT2D eigenvalue weighted by atomic mass is 10.0. The summed E-state index contributed by atoms with van der Waals surface area (Å²) in [6, 6.07) is 2.20. The zero-order valence-corrected chi connectivity index (χ0v) is 10.4. The number of alkyl halides is 3. The minimum absolute atomic E-state index is 0.207. The summed E-state index contributed by atoms with van der Waals surface area (Å²) in [5.41, 5.74) is 3.75. The topological polar surface area (TPSA) is 52.3 Å². The SMILES string of the molecule is NCC1CCC(C(=O)c2ccc(F)c(C(F)(F)F)c2)O1. The third-order valence-electron chi connectivity index (χ3n) is 3.22. The quantitative estimate of drug-likeness (QED) is 0.688. The number of ether oxygens (including phenoxy) is 1. The van der Waals surface area contributed by atoms with E-state index in [4.69, 9.17) is 10.5 Å². The Kier molecular flexibility index (Phi) is 4.10. The third-order valence-corrected chi connectivity index (χ3v) is 3.22. The smallest absolute Gasteiger partial charge is 0.366 e. The number of halogens is 4. The minimum Gasteiger partial charge on any atom is -0.366 e. The molecule has 1 heterocycles. The Hall–Kier alpha value is -1.47. The van der Waals surface area contributed by atoms with Gasteiger partial charge in [-0.15, -0.1) is 0 Å². The molecule has 1 aromatic carbocycles. The molecule has 0 amide bonds. The number of carbonyl (C=O) groups is 1. The van der Waals surface area contributed by atoms with Crippen LogP contribution in [0.5, 0.6) is 0 Å². The first-order valence-corrected chi connectivity index (χ1v) is 6.09. The van der Waals surface area contributed by atoms with Crippen molar-refractivity contribution in [3.63, 3.8) is 0 Å². The average Bonchev–Trinajstić information content (AvgIpc) is 2.86. The molecule has 0 radical (unpaired) electrons. The Balaban J connectivity index is 2.23. The third kappa shape index (κ3) is 2.99. The fourth-order valence-corrected chi connectivity index (χ4v) is 2.15. The number of nitrogens with two attached hydrogens (primary N) is 1. The van der Waals surface area contributed by atoms with Crippen LogP contribution in [0.2, 0.25) is 0 Å². The lowest BCUT2D eigenvalue weighted by Crippen LogP contribution is -2.25. The van der Waals surface area contributed by atoms with Crippen molar-refractivity contribution in [2.24, 2.45) is 5.73 Å². The molecule has 3 nitrogen and oxygen atoms in total. The van der Waals surface area contributed by atoms with Gasteiger partial charge in [-0.3, -0.25) is 4.79 Å². The molecule has 7 heteroatoms. The number of ketones is 1. The van der Waals surface area contributed by atoms with Crippen LogP contribution in [0.15, 0.2) is 18.2 Å². The second kappa shape index (κ2) is 5.49. The van der Waals surface area contributed by atoms with E-state index in [1.54, 1.807) is 0 Å². The van der Waals surface area contributed by atoms with Crippen molar-refractivity contribution in [1.29, 1.82) is 0 Å². The molecule has 0 bridgehead atoms. The van der Waals surface area contributed by atoms with Crippen LogP contribution in [0.1, 0.15) is 28.8 Å². The lowest BCUT2D eigenvalue weighted by Gasteiger charge is -2.13. The van der Waals surface area contributed by atoms with Crippen molar-refractivity contribution in [2.45, 2.75) is 31.2 Å². The van der Waals surface area contributed by atoms with Gasteiger partial charge in [-0.2, -0.15) is 13.2 Å². The zero-order chi connectivity index (χ0) is 14.9. The minimum atomic E-state index is -4.84. The van der Waals surface area contributed by atoms with Gasteiger partial charge < -0.3 is 10.5 Å². The first-order chi connectivity index (χ1) is 9.32. The summed E-state index contributed by atoms with van der Waals surface area (Å²) in [7, 11) is 0. The van der Waals surface area contributed by atoms with Crippen LogP contribution in [-0.2, 0) is 10.9 Å². The Labute approximate surface area is 112 Å². The highest BCUT2D eigenvalue weighted by molar-refractivity contribution is 5.99. The van der Waals surface area contributed by atoms with Crippen LogP contribution in [0.25, 0.3) is 0 Å². The van der Waals surface area contributed by atoms with Gasteiger partial charge in [0.05, 0.1) is 11.7 Å². The fraction of sp³-hybridized carbons (Fsp3) is 0.462. The Morgan fingerprint density at radius 3 is 2.60 bits per heavy atom. The number of benzene rings is 1. The second-order valence-electron chi connectivity index (χ2n) is 4.62. The van der Waals surface area contributed by atoms with Crippen molar-refractivity contribution in [3.8, 4) is 0 Å². The number of Topliss-reactive ketones (excluding diaryl/α,β-unsaturated/α-hetero) is 1. The van der Waals surface area contributed by atoms with E-state index in [0.717, 1.165) is 6.07 Å². The summed E-state index contributed by atoms with van der Waals surface area (Å²) in [4.78, 5) is 12.0. The van der Waals surface area contributed by atoms with Crippen molar-refractivity contribution in [1.82, 2.24) is 0 Å². The standard InChI is InChI=1S/C13H13F4NO2/c14-10-3-1-7(5-9(10)13(15,16)17)12(19)11-4-2-8(6-18)20-11/h1,3,5,8,11H,2,4,6,18H2. The molecular weight excluding hydrogens is 278 g/mol. The predicted molar refractivity (Wildman–Crippen MR) is 62.7 cm³/mol. The lowest BCUT2D eigenvalue weighted by molar-refractivity contribution is -0.140. The van der Waals surface area contributed by atoms with Gasteiger partial charge in [0.2, 0.25) is 0 Å². The molecule has 0 spiro atoms. The van der Waals surface area contributed by atoms with E-state index in [2.05, 4.69) is 0 Å². The summed E-state index contributed by atoms with van der Waals surface area (Å²) in [6.07, 6.45) is -4.92. The van der Waals surface area contributed by atoms with Gasteiger partial charge in [0.25, 0.3) is 0 Å². The zero-order valence-electron chi connectivity index (χ0n) is 10.4. The average molecular weight is 291 g/mol. The van der Waals surface area contributed by atoms with Crippen LogP contribution >= 0.6 is 0 Å². The van der Waals surface area contributed by atoms with Gasteiger partial charge in [-0.1, -0.05) is 0 Å². The van der Waals surface area contributed by atoms with Crippen LogP contribution in [-0.4, -0.2) is 24.5 Å². The molecule has 110 valence electrons. The number of rotatable bonds is 3. The van der Waals surface area contributed by atoms with Gasteiger partial charge in [0.1, 0.15) is 11.9 Å². The largest absolute Gasteiger partial charge is 0.419 e. The maximum Gasteiger partial charge on any atom is 0.419 e. The summed E-state index contributed by atoms with van der Waals surface area (Å²) >= 11 is 0. The van der Waals surface area contributed by atoms with Crippen molar-refractivity contribution >= 4 is 5.78 Å². The van der Waals surface area contributed by atoms with Crippen molar-refractivity contribution in [3.05, 3.63) is 35.1 Å². The van der Waals surface area contributed by atoms with Gasteiger partial charge in [-0.25, -0.2) is 4.39 Å². The first-order valence-electron chi connectivity index (χ1n) is 6.09. The summed E-state index contributed by atoms with van der Waals surface area (Å²) in [6.45, 7) is 0.251. The van der Waals surface area contributed by atoms with E-state index in [-0.39, 0.29) is 18.2 Å². The van der Waals surface area contributed by atoms with Gasteiger partial charge in [0.15, 0.2) is 5.78 Å². The van der Waals surface area contributed by atoms with E-state index < -0.39 is 29.4 Å². The van der Waals surface area contributed by atoms with Gasteiger partial charge in [-0.05, 0) is 31.0 Å². The molecule has 1 fully saturated rings. The Morgan fingerprint density at radius 1 is 1.35 bits per heavy atom. The van der Waals surface area contributed by atoms with Gasteiger partial charge in [0, 0.05) is 12.1 Å². The Bertz CT molecular complexity index is 516. The molecule has 1 aromatic rings. The molecule has 2 atom stereocenters. The number of hydrogen-bond acceptors (Lipinski definition) is 3. The molecule has 0 aromatic heterocycles.